The molecule has 0 amide bonds. The average Bonchev–Trinajstić information content (AvgIpc) is 3.22. The fourth-order valence-corrected chi connectivity index (χ4v) is 4.78. The lowest BCUT2D eigenvalue weighted by atomic mass is 10.2. The third-order valence-corrected chi connectivity index (χ3v) is 6.68. The van der Waals surface area contributed by atoms with Gasteiger partial charge in [-0.15, -0.1) is 0 Å². The summed E-state index contributed by atoms with van der Waals surface area (Å²) < 4.78 is 33.0. The van der Waals surface area contributed by atoms with Crippen molar-refractivity contribution in [2.75, 3.05) is 10.8 Å². The van der Waals surface area contributed by atoms with Gasteiger partial charge in [-0.1, -0.05) is 30.3 Å². The number of carbonyl (C=O) groups is 1. The Kier molecular flexibility index (Phi) is 5.68. The smallest absolute Gasteiger partial charge is 0.339 e. The predicted octanol–water partition coefficient (Wildman–Crippen LogP) is 2.22. The van der Waals surface area contributed by atoms with Crippen molar-refractivity contribution in [1.82, 2.24) is 4.98 Å². The van der Waals surface area contributed by atoms with Gasteiger partial charge in [0.15, 0.2) is 6.61 Å². The fourth-order valence-electron chi connectivity index (χ4n) is 3.27. The number of anilines is 1. The van der Waals surface area contributed by atoms with E-state index in [0.717, 1.165) is 5.56 Å². The van der Waals surface area contributed by atoms with E-state index in [4.69, 9.17) is 4.74 Å². The molecule has 0 saturated heterocycles. The normalized spacial score (nSPS) is 13.4. The highest BCUT2D eigenvalue weighted by atomic mass is 32.2. The number of ether oxygens (including phenoxy) is 1. The summed E-state index contributed by atoms with van der Waals surface area (Å²) in [6.45, 7) is 0.164. The molecule has 1 aromatic heterocycles. The van der Waals surface area contributed by atoms with Gasteiger partial charge >= 0.3 is 11.8 Å². The monoisotopic (exact) mass is 437 g/mol. The summed E-state index contributed by atoms with van der Waals surface area (Å²) >= 11 is 0. The van der Waals surface area contributed by atoms with Crippen molar-refractivity contribution in [3.05, 3.63) is 95.2 Å². The van der Waals surface area contributed by atoms with Crippen LogP contribution in [0, 0.1) is 5.21 Å². The van der Waals surface area contributed by atoms with Crippen molar-refractivity contribution in [1.29, 1.82) is 0 Å². The number of esters is 1. The largest absolute Gasteiger partial charge is 0.711 e. The number of carbonyl (C=O) groups excluding carboxylic acids is 1. The Bertz CT molecular complexity index is 1240. The maximum absolute atomic E-state index is 13.0. The van der Waals surface area contributed by atoms with E-state index in [1.54, 1.807) is 12.1 Å². The predicted molar refractivity (Wildman–Crippen MR) is 113 cm³/mol. The molecule has 3 aromatic rings. The molecule has 158 valence electrons. The Hall–Kier alpha value is -3.72. The quantitative estimate of drug-likeness (QED) is 0.254. The second kappa shape index (κ2) is 8.57. The van der Waals surface area contributed by atoms with E-state index in [1.165, 1.54) is 47.1 Å². The summed E-state index contributed by atoms with van der Waals surface area (Å²) in [4.78, 5) is 15.9. The lowest BCUT2D eigenvalue weighted by Crippen LogP contribution is -2.33. The van der Waals surface area contributed by atoms with Gasteiger partial charge in [-0.25, -0.2) is 17.9 Å². The molecule has 2 heterocycles. The van der Waals surface area contributed by atoms with Crippen LogP contribution < -0.4 is 9.04 Å². The van der Waals surface area contributed by atoms with Crippen molar-refractivity contribution in [2.24, 2.45) is 0 Å². The maximum Gasteiger partial charge on any atom is 0.339 e. The first-order valence-corrected chi connectivity index (χ1v) is 11.0. The van der Waals surface area contributed by atoms with Crippen LogP contribution in [0.2, 0.25) is 0 Å². The zero-order chi connectivity index (χ0) is 21.8. The van der Waals surface area contributed by atoms with E-state index in [0.29, 0.717) is 28.9 Å². The van der Waals surface area contributed by atoms with E-state index in [2.05, 4.69) is 4.98 Å². The van der Waals surface area contributed by atoms with Crippen molar-refractivity contribution in [3.8, 4) is 0 Å². The maximum atomic E-state index is 13.0. The number of fused-ring (bicyclic) bond motifs is 1. The van der Waals surface area contributed by atoms with Crippen LogP contribution in [0.3, 0.4) is 0 Å². The van der Waals surface area contributed by atoms with Gasteiger partial charge < -0.3 is 9.94 Å². The zero-order valence-electron chi connectivity index (χ0n) is 16.4. The van der Waals surface area contributed by atoms with E-state index in [-0.39, 0.29) is 17.3 Å². The van der Waals surface area contributed by atoms with Crippen LogP contribution in [0.5, 0.6) is 0 Å². The van der Waals surface area contributed by atoms with Gasteiger partial charge in [0.05, 0.1) is 16.8 Å². The molecule has 4 rings (SSSR count). The van der Waals surface area contributed by atoms with Gasteiger partial charge in [-0.2, -0.15) is 0 Å². The van der Waals surface area contributed by atoms with E-state index in [1.807, 2.05) is 24.3 Å². The van der Waals surface area contributed by atoms with Gasteiger partial charge in [-0.3, -0.25) is 4.31 Å². The van der Waals surface area contributed by atoms with E-state index >= 15 is 0 Å². The summed E-state index contributed by atoms with van der Waals surface area (Å²) in [5.41, 5.74) is 2.35. The van der Waals surface area contributed by atoms with Gasteiger partial charge in [0.2, 0.25) is 0 Å². The minimum atomic E-state index is -3.66. The third kappa shape index (κ3) is 4.41. The van der Waals surface area contributed by atoms with Crippen molar-refractivity contribution in [3.63, 3.8) is 0 Å². The Morgan fingerprint density at radius 3 is 2.71 bits per heavy atom. The summed E-state index contributed by atoms with van der Waals surface area (Å²) in [5.74, 6) is -0.571. The number of nitrogens with zero attached hydrogens (tertiary/aromatic N) is 3. The number of para-hydroxylation sites is 1. The molecule has 0 N–H and O–H groups in total. The molecular formula is C22H19N3O5S. The lowest BCUT2D eigenvalue weighted by Gasteiger charge is -2.19. The van der Waals surface area contributed by atoms with Gasteiger partial charge in [0.25, 0.3) is 10.0 Å². The molecular weight excluding hydrogens is 418 g/mol. The first-order valence-electron chi connectivity index (χ1n) is 9.54. The van der Waals surface area contributed by atoms with Crippen LogP contribution >= 0.6 is 0 Å². The second-order valence-electron chi connectivity index (χ2n) is 6.83. The Morgan fingerprint density at radius 2 is 1.94 bits per heavy atom. The van der Waals surface area contributed by atoms with E-state index in [9.17, 15) is 18.4 Å². The topological polar surface area (TPSA) is 104 Å². The Labute approximate surface area is 179 Å². The summed E-state index contributed by atoms with van der Waals surface area (Å²) in [7, 11) is -3.66. The number of aromatic nitrogens is 2. The summed E-state index contributed by atoms with van der Waals surface area (Å²) in [6.07, 6.45) is 6.10. The highest BCUT2D eigenvalue weighted by Crippen LogP contribution is 2.32. The molecule has 2 aromatic carbocycles. The molecule has 0 fully saturated rings. The number of rotatable bonds is 6. The summed E-state index contributed by atoms with van der Waals surface area (Å²) in [5, 5.41) is 11.5. The molecule has 0 saturated carbocycles. The molecule has 0 atom stereocenters. The minimum absolute atomic E-state index is 0.0716. The third-order valence-electron chi connectivity index (χ3n) is 4.85. The minimum Gasteiger partial charge on any atom is -0.711 e. The average molecular weight is 437 g/mol. The van der Waals surface area contributed by atoms with Gasteiger partial charge in [0.1, 0.15) is 6.20 Å². The molecule has 0 unspecified atom stereocenters. The molecule has 8 nitrogen and oxygen atoms in total. The fraction of sp³-hybridized carbons (Fsp3) is 0.136. The number of hydrogen-bond donors (Lipinski definition) is 0. The van der Waals surface area contributed by atoms with Crippen LogP contribution in [0.25, 0.3) is 6.08 Å². The molecule has 0 aliphatic carbocycles. The van der Waals surface area contributed by atoms with Gasteiger partial charge in [-0.05, 0) is 46.8 Å². The van der Waals surface area contributed by atoms with Crippen molar-refractivity contribution in [2.45, 2.75) is 17.9 Å². The molecule has 31 heavy (non-hydrogen) atoms. The highest BCUT2D eigenvalue weighted by Gasteiger charge is 2.30. The van der Waals surface area contributed by atoms with Crippen LogP contribution in [-0.4, -0.2) is 25.9 Å². The first-order chi connectivity index (χ1) is 14.9. The Balaban J connectivity index is 1.41. The van der Waals surface area contributed by atoms with Crippen molar-refractivity contribution < 1.29 is 22.7 Å². The molecule has 1 aliphatic rings. The van der Waals surface area contributed by atoms with Crippen LogP contribution in [0.15, 0.2) is 78.0 Å². The SMILES string of the molecule is O=C(/C=C/c1ccc(S(=O)(=O)N2CCc3ccccc32)cc1)OCc1nccc[n+]1[O-]. The molecule has 0 radical (unpaired) electrons. The van der Waals surface area contributed by atoms with Crippen molar-refractivity contribution >= 4 is 27.8 Å². The van der Waals surface area contributed by atoms with Crippen LogP contribution in [-0.2, 0) is 32.6 Å². The Morgan fingerprint density at radius 1 is 1.16 bits per heavy atom. The van der Waals surface area contributed by atoms with E-state index < -0.39 is 16.0 Å². The molecule has 1 aliphatic heterocycles. The zero-order valence-corrected chi connectivity index (χ0v) is 17.2. The standard InChI is InChI=1S/C22H19N3O5S/c26-22(30-16-21-23-13-3-14-24(21)27)11-8-17-6-9-19(10-7-17)31(28,29)25-15-12-18-4-1-2-5-20(18)25/h1-11,13-14H,12,15-16H2/b11-8+. The molecule has 0 spiro atoms. The van der Waals surface area contributed by atoms with Gasteiger partial charge in [0, 0.05) is 18.7 Å². The number of sulfonamides is 1. The molecule has 9 heteroatoms. The lowest BCUT2D eigenvalue weighted by molar-refractivity contribution is -0.620. The second-order valence-corrected chi connectivity index (χ2v) is 8.69. The molecule has 0 bridgehead atoms. The highest BCUT2D eigenvalue weighted by molar-refractivity contribution is 7.92. The number of benzene rings is 2. The first kappa shape index (κ1) is 20.5. The number of hydrogen-bond acceptors (Lipinski definition) is 6. The van der Waals surface area contributed by atoms with Crippen LogP contribution in [0.4, 0.5) is 5.69 Å². The summed E-state index contributed by atoms with van der Waals surface area (Å²) in [6, 6.07) is 15.2. The van der Waals surface area contributed by atoms with Crippen LogP contribution in [0.1, 0.15) is 17.0 Å².